The summed E-state index contributed by atoms with van der Waals surface area (Å²) in [5.74, 6) is -1.45. The van der Waals surface area contributed by atoms with E-state index in [-0.39, 0.29) is 25.0 Å². The summed E-state index contributed by atoms with van der Waals surface area (Å²) in [7, 11) is 0. The molecule has 2 amide bonds. The molecule has 0 saturated carbocycles. The van der Waals surface area contributed by atoms with E-state index in [0.29, 0.717) is 0 Å². The van der Waals surface area contributed by atoms with E-state index in [4.69, 9.17) is 0 Å². The minimum Gasteiger partial charge on any atom is -0.335 e. The maximum atomic E-state index is 13.1. The fourth-order valence-corrected chi connectivity index (χ4v) is 3.88. The van der Waals surface area contributed by atoms with Crippen LogP contribution in [0.15, 0.2) is 0 Å². The summed E-state index contributed by atoms with van der Waals surface area (Å²) in [6.45, 7) is 8.27. The third kappa shape index (κ3) is 4.11. The van der Waals surface area contributed by atoms with E-state index >= 15 is 0 Å². The SMILES string of the molecule is CCCN1CCC(NC(=O)N2CC[C@H](C(F)(F)F)C2(C)C)CC1. The van der Waals surface area contributed by atoms with Gasteiger partial charge < -0.3 is 15.1 Å². The third-order valence-electron chi connectivity index (χ3n) is 5.29. The molecule has 134 valence electrons. The van der Waals surface area contributed by atoms with Crippen LogP contribution in [0.2, 0.25) is 0 Å². The van der Waals surface area contributed by atoms with Gasteiger partial charge in [0.2, 0.25) is 0 Å². The Labute approximate surface area is 136 Å². The monoisotopic (exact) mass is 335 g/mol. The fourth-order valence-electron chi connectivity index (χ4n) is 3.88. The molecule has 0 spiro atoms. The van der Waals surface area contributed by atoms with Gasteiger partial charge in [-0.15, -0.1) is 0 Å². The first-order chi connectivity index (χ1) is 10.7. The Morgan fingerprint density at radius 1 is 1.17 bits per heavy atom. The highest BCUT2D eigenvalue weighted by Gasteiger charge is 2.56. The van der Waals surface area contributed by atoms with E-state index in [2.05, 4.69) is 17.1 Å². The molecule has 0 bridgehead atoms. The normalized spacial score (nSPS) is 26.5. The van der Waals surface area contributed by atoms with Crippen molar-refractivity contribution in [3.63, 3.8) is 0 Å². The van der Waals surface area contributed by atoms with Gasteiger partial charge in [-0.1, -0.05) is 6.92 Å². The maximum Gasteiger partial charge on any atom is 0.394 e. The summed E-state index contributed by atoms with van der Waals surface area (Å²) in [6, 6.07) is -0.285. The molecule has 2 rings (SSSR count). The molecule has 1 atom stereocenters. The van der Waals surface area contributed by atoms with Crippen LogP contribution in [-0.4, -0.2) is 59.8 Å². The van der Waals surface area contributed by atoms with Crippen LogP contribution in [0.3, 0.4) is 0 Å². The van der Waals surface area contributed by atoms with Crippen molar-refractivity contribution in [1.29, 1.82) is 0 Å². The molecule has 0 aliphatic carbocycles. The lowest BCUT2D eigenvalue weighted by Gasteiger charge is -2.38. The van der Waals surface area contributed by atoms with Gasteiger partial charge in [0, 0.05) is 25.7 Å². The smallest absolute Gasteiger partial charge is 0.335 e. The van der Waals surface area contributed by atoms with E-state index in [0.717, 1.165) is 38.9 Å². The fraction of sp³-hybridized carbons (Fsp3) is 0.938. The number of amides is 2. The lowest BCUT2D eigenvalue weighted by atomic mass is 9.88. The topological polar surface area (TPSA) is 35.6 Å². The molecule has 0 aromatic heterocycles. The van der Waals surface area contributed by atoms with Crippen LogP contribution in [-0.2, 0) is 0 Å². The van der Waals surface area contributed by atoms with E-state index in [1.54, 1.807) is 0 Å². The molecule has 4 nitrogen and oxygen atoms in total. The van der Waals surface area contributed by atoms with Gasteiger partial charge in [0.05, 0.1) is 11.5 Å². The maximum absolute atomic E-state index is 13.1. The molecule has 2 fully saturated rings. The van der Waals surface area contributed by atoms with Crippen LogP contribution in [0.4, 0.5) is 18.0 Å². The number of carbonyl (C=O) groups is 1. The molecule has 1 N–H and O–H groups in total. The number of alkyl halides is 3. The Balaban J connectivity index is 1.90. The minimum absolute atomic E-state index is 0.0150. The van der Waals surface area contributed by atoms with Gasteiger partial charge in [-0.05, 0) is 46.1 Å². The van der Waals surface area contributed by atoms with Gasteiger partial charge in [0.1, 0.15) is 0 Å². The summed E-state index contributed by atoms with van der Waals surface area (Å²) in [4.78, 5) is 16.2. The number of hydrogen-bond acceptors (Lipinski definition) is 2. The number of nitrogens with one attached hydrogen (secondary N) is 1. The zero-order valence-electron chi connectivity index (χ0n) is 14.2. The highest BCUT2D eigenvalue weighted by molar-refractivity contribution is 5.76. The summed E-state index contributed by atoms with van der Waals surface area (Å²) in [6.07, 6.45) is -1.44. The average Bonchev–Trinajstić information content (AvgIpc) is 2.76. The average molecular weight is 335 g/mol. The quantitative estimate of drug-likeness (QED) is 0.859. The molecule has 2 saturated heterocycles. The zero-order chi connectivity index (χ0) is 17.3. The number of likely N-dealkylation sites (tertiary alicyclic amines) is 2. The molecular weight excluding hydrogens is 307 g/mol. The van der Waals surface area contributed by atoms with Crippen LogP contribution in [0.5, 0.6) is 0 Å². The van der Waals surface area contributed by atoms with E-state index < -0.39 is 17.6 Å². The Bertz CT molecular complexity index is 417. The number of hydrogen-bond donors (Lipinski definition) is 1. The molecule has 23 heavy (non-hydrogen) atoms. The second-order valence-electron chi connectivity index (χ2n) is 7.25. The molecule has 0 unspecified atom stereocenters. The molecule has 0 radical (unpaired) electrons. The van der Waals surface area contributed by atoms with Crippen molar-refractivity contribution in [1.82, 2.24) is 15.1 Å². The molecule has 0 aromatic carbocycles. The van der Waals surface area contributed by atoms with Crippen molar-refractivity contribution in [2.24, 2.45) is 5.92 Å². The lowest BCUT2D eigenvalue weighted by Crippen LogP contribution is -2.55. The summed E-state index contributed by atoms with van der Waals surface area (Å²) < 4.78 is 39.3. The highest BCUT2D eigenvalue weighted by Crippen LogP contribution is 2.44. The number of nitrogens with zero attached hydrogens (tertiary/aromatic N) is 2. The molecule has 2 aliphatic heterocycles. The second kappa shape index (κ2) is 6.87. The highest BCUT2D eigenvalue weighted by atomic mass is 19.4. The van der Waals surface area contributed by atoms with Crippen molar-refractivity contribution in [3.05, 3.63) is 0 Å². The predicted octanol–water partition coefficient (Wildman–Crippen LogP) is 3.23. The van der Waals surface area contributed by atoms with Crippen LogP contribution in [0, 0.1) is 5.92 Å². The van der Waals surface area contributed by atoms with Crippen molar-refractivity contribution in [3.8, 4) is 0 Å². The van der Waals surface area contributed by atoms with Crippen LogP contribution < -0.4 is 5.32 Å². The number of urea groups is 1. The van der Waals surface area contributed by atoms with E-state index in [9.17, 15) is 18.0 Å². The van der Waals surface area contributed by atoms with Gasteiger partial charge in [0.15, 0.2) is 0 Å². The summed E-state index contributed by atoms with van der Waals surface area (Å²) >= 11 is 0. The van der Waals surface area contributed by atoms with Crippen LogP contribution >= 0.6 is 0 Å². The summed E-state index contributed by atoms with van der Waals surface area (Å²) in [5.41, 5.74) is -1.19. The van der Waals surface area contributed by atoms with Gasteiger partial charge in [-0.25, -0.2) is 4.79 Å². The van der Waals surface area contributed by atoms with E-state index in [1.165, 1.54) is 18.7 Å². The molecule has 2 aliphatic rings. The van der Waals surface area contributed by atoms with Crippen LogP contribution in [0.25, 0.3) is 0 Å². The van der Waals surface area contributed by atoms with Gasteiger partial charge in [-0.2, -0.15) is 13.2 Å². The van der Waals surface area contributed by atoms with Crippen molar-refractivity contribution >= 4 is 6.03 Å². The largest absolute Gasteiger partial charge is 0.394 e. The summed E-state index contributed by atoms with van der Waals surface area (Å²) in [5, 5.41) is 2.94. The van der Waals surface area contributed by atoms with Gasteiger partial charge in [-0.3, -0.25) is 0 Å². The van der Waals surface area contributed by atoms with Crippen LogP contribution in [0.1, 0.15) is 46.5 Å². The number of halogens is 3. The number of carbonyl (C=O) groups excluding carboxylic acids is 1. The zero-order valence-corrected chi connectivity index (χ0v) is 14.2. The first-order valence-electron chi connectivity index (χ1n) is 8.53. The second-order valence-corrected chi connectivity index (χ2v) is 7.25. The van der Waals surface area contributed by atoms with Crippen molar-refractivity contribution < 1.29 is 18.0 Å². The number of rotatable bonds is 3. The van der Waals surface area contributed by atoms with Gasteiger partial charge >= 0.3 is 12.2 Å². The third-order valence-corrected chi connectivity index (χ3v) is 5.29. The predicted molar refractivity (Wildman–Crippen MR) is 83.2 cm³/mol. The molecule has 7 heteroatoms. The van der Waals surface area contributed by atoms with Gasteiger partial charge in [0.25, 0.3) is 0 Å². The Hall–Kier alpha value is -0.980. The molecule has 0 aromatic rings. The Morgan fingerprint density at radius 3 is 2.26 bits per heavy atom. The Morgan fingerprint density at radius 2 is 1.78 bits per heavy atom. The van der Waals surface area contributed by atoms with Crippen molar-refractivity contribution in [2.75, 3.05) is 26.2 Å². The van der Waals surface area contributed by atoms with E-state index in [1.807, 2.05) is 0 Å². The molecular formula is C16H28F3N3O. The standard InChI is InChI=1S/C16H28F3N3O/c1-4-8-21-9-5-12(6-10-21)20-14(23)22-11-7-13(15(22,2)3)16(17,18)19/h12-13H,4-11H2,1-3H3,(H,20,23)/t13-/m0/s1. The number of piperidine rings is 1. The minimum atomic E-state index is -4.26. The Kier molecular flexibility index (Phi) is 5.48. The molecule has 2 heterocycles. The van der Waals surface area contributed by atoms with Crippen molar-refractivity contribution in [2.45, 2.75) is 64.2 Å². The lowest BCUT2D eigenvalue weighted by molar-refractivity contribution is -0.189. The first-order valence-corrected chi connectivity index (χ1v) is 8.53. The first kappa shape index (κ1) is 18.4.